The molecule has 0 radical (unpaired) electrons. The molecule has 1 aliphatic rings. The highest BCUT2D eigenvalue weighted by Gasteiger charge is 2.44. The van der Waals surface area contributed by atoms with Crippen LogP contribution in [0.15, 0.2) is 12.5 Å². The standard InChI is InChI=1S/C12H17N3O2/c1-12(2)3-8(12)4-13-6-10-9(11(16)17)5-14-7-15-10/h5,7-8,13H,3-4,6H2,1-2H3,(H,16,17). The summed E-state index contributed by atoms with van der Waals surface area (Å²) in [4.78, 5) is 18.7. The van der Waals surface area contributed by atoms with E-state index in [4.69, 9.17) is 5.11 Å². The zero-order chi connectivity index (χ0) is 12.5. The molecule has 1 aliphatic carbocycles. The number of carboxylic acids is 1. The summed E-state index contributed by atoms with van der Waals surface area (Å²) in [5.74, 6) is -0.285. The lowest BCUT2D eigenvalue weighted by molar-refractivity contribution is 0.0694. The van der Waals surface area contributed by atoms with Crippen LogP contribution >= 0.6 is 0 Å². The highest BCUT2D eigenvalue weighted by molar-refractivity contribution is 5.88. The Hall–Kier alpha value is -1.49. The molecule has 0 amide bonds. The predicted octanol–water partition coefficient (Wildman–Crippen LogP) is 1.31. The second-order valence-corrected chi connectivity index (χ2v) is 5.21. The number of aromatic carboxylic acids is 1. The largest absolute Gasteiger partial charge is 0.478 e. The molecule has 92 valence electrons. The Labute approximate surface area is 100 Å². The van der Waals surface area contributed by atoms with Crippen molar-refractivity contribution in [3.8, 4) is 0 Å². The lowest BCUT2D eigenvalue weighted by Gasteiger charge is -2.07. The zero-order valence-corrected chi connectivity index (χ0v) is 10.1. The summed E-state index contributed by atoms with van der Waals surface area (Å²) in [6.45, 7) is 5.88. The molecule has 0 aromatic carbocycles. The molecule has 5 heteroatoms. The third-order valence-corrected chi connectivity index (χ3v) is 3.43. The number of hydrogen-bond donors (Lipinski definition) is 2. The van der Waals surface area contributed by atoms with Gasteiger partial charge in [0, 0.05) is 12.7 Å². The van der Waals surface area contributed by atoms with Crippen LogP contribution in [0.2, 0.25) is 0 Å². The quantitative estimate of drug-likeness (QED) is 0.804. The van der Waals surface area contributed by atoms with Crippen molar-refractivity contribution in [3.63, 3.8) is 0 Å². The summed E-state index contributed by atoms with van der Waals surface area (Å²) in [5.41, 5.74) is 1.16. The Kier molecular flexibility index (Phi) is 3.11. The Morgan fingerprint density at radius 2 is 2.35 bits per heavy atom. The molecule has 1 aromatic heterocycles. The van der Waals surface area contributed by atoms with Crippen LogP contribution in [-0.2, 0) is 6.54 Å². The minimum Gasteiger partial charge on any atom is -0.478 e. The Bertz CT molecular complexity index is 432. The number of carbonyl (C=O) groups is 1. The van der Waals surface area contributed by atoms with Crippen molar-refractivity contribution in [1.29, 1.82) is 0 Å². The number of aromatic nitrogens is 2. The average molecular weight is 235 g/mol. The van der Waals surface area contributed by atoms with E-state index in [0.29, 0.717) is 23.6 Å². The first-order valence-corrected chi connectivity index (χ1v) is 5.73. The van der Waals surface area contributed by atoms with Gasteiger partial charge in [0.25, 0.3) is 0 Å². The first-order valence-electron chi connectivity index (χ1n) is 5.73. The molecule has 1 saturated carbocycles. The molecule has 1 fully saturated rings. The smallest absolute Gasteiger partial charge is 0.339 e. The van der Waals surface area contributed by atoms with E-state index >= 15 is 0 Å². The third-order valence-electron chi connectivity index (χ3n) is 3.43. The van der Waals surface area contributed by atoms with Gasteiger partial charge in [-0.25, -0.2) is 14.8 Å². The molecule has 5 nitrogen and oxygen atoms in total. The summed E-state index contributed by atoms with van der Waals surface area (Å²) < 4.78 is 0. The maximum atomic E-state index is 10.9. The summed E-state index contributed by atoms with van der Waals surface area (Å²) in [5, 5.41) is 12.2. The van der Waals surface area contributed by atoms with Gasteiger partial charge in [-0.2, -0.15) is 0 Å². The van der Waals surface area contributed by atoms with Crippen LogP contribution in [0.4, 0.5) is 0 Å². The van der Waals surface area contributed by atoms with Gasteiger partial charge in [0.2, 0.25) is 0 Å². The molecule has 1 atom stereocenters. The van der Waals surface area contributed by atoms with Gasteiger partial charge in [0.15, 0.2) is 0 Å². The predicted molar refractivity (Wildman–Crippen MR) is 62.6 cm³/mol. The fourth-order valence-electron chi connectivity index (χ4n) is 1.96. The lowest BCUT2D eigenvalue weighted by atomic mass is 10.1. The SMILES string of the molecule is CC1(C)CC1CNCc1ncncc1C(=O)O. The van der Waals surface area contributed by atoms with Crippen molar-refractivity contribution in [1.82, 2.24) is 15.3 Å². The summed E-state index contributed by atoms with van der Waals surface area (Å²) in [6.07, 6.45) is 3.95. The normalized spacial score (nSPS) is 21.2. The van der Waals surface area contributed by atoms with Gasteiger partial charge in [-0.3, -0.25) is 0 Å². The van der Waals surface area contributed by atoms with Crippen LogP contribution < -0.4 is 5.32 Å². The summed E-state index contributed by atoms with van der Waals surface area (Å²) >= 11 is 0. The molecule has 1 heterocycles. The zero-order valence-electron chi connectivity index (χ0n) is 10.1. The van der Waals surface area contributed by atoms with Gasteiger partial charge in [0.05, 0.1) is 5.69 Å². The molecule has 0 saturated heterocycles. The summed E-state index contributed by atoms with van der Waals surface area (Å²) in [6, 6.07) is 0. The second-order valence-electron chi connectivity index (χ2n) is 5.21. The Morgan fingerprint density at radius 1 is 1.65 bits per heavy atom. The monoisotopic (exact) mass is 235 g/mol. The van der Waals surface area contributed by atoms with Crippen LogP contribution in [0.25, 0.3) is 0 Å². The number of carboxylic acid groups (broad SMARTS) is 1. The average Bonchev–Trinajstić information content (AvgIpc) is 2.87. The number of nitrogens with zero attached hydrogens (tertiary/aromatic N) is 2. The van der Waals surface area contributed by atoms with E-state index in [1.54, 1.807) is 0 Å². The number of nitrogens with one attached hydrogen (secondary N) is 1. The highest BCUT2D eigenvalue weighted by Crippen LogP contribution is 2.50. The molecule has 0 bridgehead atoms. The second kappa shape index (κ2) is 4.41. The highest BCUT2D eigenvalue weighted by atomic mass is 16.4. The number of rotatable bonds is 5. The topological polar surface area (TPSA) is 75.1 Å². The molecule has 2 N–H and O–H groups in total. The van der Waals surface area contributed by atoms with Crippen molar-refractivity contribution in [2.45, 2.75) is 26.8 Å². The maximum Gasteiger partial charge on any atom is 0.339 e. The van der Waals surface area contributed by atoms with Gasteiger partial charge in [-0.15, -0.1) is 0 Å². The van der Waals surface area contributed by atoms with E-state index < -0.39 is 5.97 Å². The summed E-state index contributed by atoms with van der Waals surface area (Å²) in [7, 11) is 0. The van der Waals surface area contributed by atoms with Crippen LogP contribution in [0.5, 0.6) is 0 Å². The van der Waals surface area contributed by atoms with Crippen LogP contribution in [0.3, 0.4) is 0 Å². The molecule has 17 heavy (non-hydrogen) atoms. The molecule has 0 spiro atoms. The van der Waals surface area contributed by atoms with Crippen LogP contribution in [0, 0.1) is 11.3 Å². The first-order chi connectivity index (χ1) is 8.00. The Morgan fingerprint density at radius 3 is 2.94 bits per heavy atom. The van der Waals surface area contributed by atoms with Gasteiger partial charge >= 0.3 is 5.97 Å². The third kappa shape index (κ3) is 2.79. The van der Waals surface area contributed by atoms with E-state index in [-0.39, 0.29) is 5.56 Å². The first kappa shape index (κ1) is 12.0. The van der Waals surface area contributed by atoms with E-state index in [9.17, 15) is 4.79 Å². The van der Waals surface area contributed by atoms with Crippen molar-refractivity contribution in [2.75, 3.05) is 6.54 Å². The van der Waals surface area contributed by atoms with Gasteiger partial charge in [0.1, 0.15) is 11.9 Å². The van der Waals surface area contributed by atoms with Crippen LogP contribution in [0.1, 0.15) is 36.3 Å². The van der Waals surface area contributed by atoms with E-state index in [2.05, 4.69) is 29.1 Å². The molecule has 1 unspecified atom stereocenters. The molecule has 1 aromatic rings. The van der Waals surface area contributed by atoms with Crippen molar-refractivity contribution >= 4 is 5.97 Å². The van der Waals surface area contributed by atoms with E-state index in [1.165, 1.54) is 18.9 Å². The van der Waals surface area contributed by atoms with Crippen LogP contribution in [-0.4, -0.2) is 27.6 Å². The molecular weight excluding hydrogens is 218 g/mol. The van der Waals surface area contributed by atoms with E-state index in [0.717, 1.165) is 6.54 Å². The van der Waals surface area contributed by atoms with E-state index in [1.807, 2.05) is 0 Å². The fraction of sp³-hybridized carbons (Fsp3) is 0.583. The molecule has 2 rings (SSSR count). The van der Waals surface area contributed by atoms with Crippen molar-refractivity contribution in [2.24, 2.45) is 11.3 Å². The maximum absolute atomic E-state index is 10.9. The lowest BCUT2D eigenvalue weighted by Crippen LogP contribution is -2.20. The fourth-order valence-corrected chi connectivity index (χ4v) is 1.96. The minimum absolute atomic E-state index is 0.176. The van der Waals surface area contributed by atoms with Crippen molar-refractivity contribution < 1.29 is 9.90 Å². The molecular formula is C12H17N3O2. The van der Waals surface area contributed by atoms with Gasteiger partial charge < -0.3 is 10.4 Å². The van der Waals surface area contributed by atoms with Gasteiger partial charge in [-0.05, 0) is 24.3 Å². The number of hydrogen-bond acceptors (Lipinski definition) is 4. The van der Waals surface area contributed by atoms with Crippen molar-refractivity contribution in [3.05, 3.63) is 23.8 Å². The molecule has 0 aliphatic heterocycles. The Balaban J connectivity index is 1.89. The minimum atomic E-state index is -0.978. The van der Waals surface area contributed by atoms with Gasteiger partial charge in [-0.1, -0.05) is 13.8 Å².